The van der Waals surface area contributed by atoms with Gasteiger partial charge < -0.3 is 9.64 Å². The van der Waals surface area contributed by atoms with Crippen molar-refractivity contribution in [1.82, 2.24) is 14.8 Å². The molecule has 0 saturated carbocycles. The number of hydrogen-bond donors (Lipinski definition) is 0. The summed E-state index contributed by atoms with van der Waals surface area (Å²) in [6.07, 6.45) is 3.16. The first-order valence-corrected chi connectivity index (χ1v) is 8.64. The number of halogens is 1. The molecule has 1 aliphatic rings. The number of nitrogens with zero attached hydrogens (tertiary/aromatic N) is 4. The monoisotopic (exact) mass is 370 g/mol. The van der Waals surface area contributed by atoms with Crippen LogP contribution in [-0.4, -0.2) is 32.4 Å². The molecular formula is C18H15ClN4OS. The Labute approximate surface area is 155 Å². The number of anilines is 1. The summed E-state index contributed by atoms with van der Waals surface area (Å²) < 4.78 is 7.61. The van der Waals surface area contributed by atoms with Gasteiger partial charge in [0.2, 0.25) is 0 Å². The van der Waals surface area contributed by atoms with Crippen LogP contribution in [0.25, 0.3) is 5.69 Å². The van der Waals surface area contributed by atoms with E-state index >= 15 is 0 Å². The first-order valence-electron chi connectivity index (χ1n) is 7.85. The highest BCUT2D eigenvalue weighted by molar-refractivity contribution is 7.81. The second kappa shape index (κ2) is 6.46. The number of hydrogen-bond acceptors (Lipinski definition) is 4. The van der Waals surface area contributed by atoms with Crippen molar-refractivity contribution in [3.63, 3.8) is 0 Å². The lowest BCUT2D eigenvalue weighted by Crippen LogP contribution is -2.42. The molecule has 1 aliphatic heterocycles. The van der Waals surface area contributed by atoms with E-state index < -0.39 is 0 Å². The Kier molecular flexibility index (Phi) is 4.15. The van der Waals surface area contributed by atoms with Crippen LogP contribution in [0.1, 0.15) is 12.5 Å². The smallest absolute Gasteiger partial charge is 0.162 e. The summed E-state index contributed by atoms with van der Waals surface area (Å²) in [5.74, 6) is 0.678. The fourth-order valence-electron chi connectivity index (χ4n) is 2.89. The molecule has 0 bridgehead atoms. The fraction of sp³-hybridized carbons (Fsp3) is 0.167. The molecule has 0 unspecified atom stereocenters. The molecule has 7 heteroatoms. The van der Waals surface area contributed by atoms with Crippen LogP contribution in [0.15, 0.2) is 55.1 Å². The van der Waals surface area contributed by atoms with E-state index in [1.165, 1.54) is 6.33 Å². The van der Waals surface area contributed by atoms with Gasteiger partial charge in [0.05, 0.1) is 22.9 Å². The van der Waals surface area contributed by atoms with Gasteiger partial charge in [-0.3, -0.25) is 0 Å². The number of para-hydroxylation sites is 1. The van der Waals surface area contributed by atoms with Gasteiger partial charge in [-0.25, -0.2) is 9.67 Å². The molecule has 25 heavy (non-hydrogen) atoms. The van der Waals surface area contributed by atoms with Gasteiger partial charge >= 0.3 is 0 Å². The average Bonchev–Trinajstić information content (AvgIpc) is 3.16. The van der Waals surface area contributed by atoms with E-state index in [4.69, 9.17) is 28.6 Å². The van der Waals surface area contributed by atoms with Crippen molar-refractivity contribution in [2.45, 2.75) is 13.0 Å². The van der Waals surface area contributed by atoms with Gasteiger partial charge in [0.25, 0.3) is 0 Å². The minimum absolute atomic E-state index is 0.0103. The Balaban J connectivity index is 1.73. The second-order valence-electron chi connectivity index (χ2n) is 5.82. The van der Waals surface area contributed by atoms with Crippen molar-refractivity contribution in [2.75, 3.05) is 11.4 Å². The average molecular weight is 371 g/mol. The highest BCUT2D eigenvalue weighted by Gasteiger charge is 2.27. The number of aromatic nitrogens is 3. The molecule has 0 amide bonds. The van der Waals surface area contributed by atoms with E-state index in [2.05, 4.69) is 15.0 Å². The highest BCUT2D eigenvalue weighted by Crippen LogP contribution is 2.40. The van der Waals surface area contributed by atoms with Gasteiger partial charge in [0, 0.05) is 5.56 Å². The molecule has 5 nitrogen and oxygen atoms in total. The third-order valence-corrected chi connectivity index (χ3v) is 4.77. The van der Waals surface area contributed by atoms with Gasteiger partial charge in [-0.05, 0) is 31.2 Å². The number of thiocarbonyl (C=S) groups is 1. The maximum atomic E-state index is 6.30. The number of ether oxygens (including phenoxy) is 1. The molecule has 126 valence electrons. The van der Waals surface area contributed by atoms with Gasteiger partial charge in [-0.15, -0.1) is 0 Å². The van der Waals surface area contributed by atoms with Crippen LogP contribution in [0.2, 0.25) is 5.02 Å². The van der Waals surface area contributed by atoms with Gasteiger partial charge in [-0.2, -0.15) is 5.10 Å². The lowest BCUT2D eigenvalue weighted by Gasteiger charge is -2.35. The Morgan fingerprint density at radius 2 is 2.12 bits per heavy atom. The van der Waals surface area contributed by atoms with Crippen LogP contribution < -0.4 is 9.64 Å². The predicted molar refractivity (Wildman–Crippen MR) is 102 cm³/mol. The fourth-order valence-corrected chi connectivity index (χ4v) is 3.41. The minimum atomic E-state index is -0.0103. The summed E-state index contributed by atoms with van der Waals surface area (Å²) in [6.45, 7) is 2.67. The molecule has 2 aromatic carbocycles. The molecule has 1 aromatic heterocycles. The van der Waals surface area contributed by atoms with E-state index in [-0.39, 0.29) is 6.10 Å². The van der Waals surface area contributed by atoms with Crippen LogP contribution in [0.3, 0.4) is 0 Å². The summed E-state index contributed by atoms with van der Waals surface area (Å²) in [4.78, 5) is 6.79. The summed E-state index contributed by atoms with van der Waals surface area (Å²) in [7, 11) is 0. The largest absolute Gasteiger partial charge is 0.485 e. The zero-order chi connectivity index (χ0) is 17.4. The van der Waals surface area contributed by atoms with E-state index in [1.807, 2.05) is 49.4 Å². The zero-order valence-electron chi connectivity index (χ0n) is 13.5. The maximum absolute atomic E-state index is 6.30. The number of rotatable bonds is 2. The van der Waals surface area contributed by atoms with E-state index in [0.717, 1.165) is 21.9 Å². The third-order valence-electron chi connectivity index (χ3n) is 4.02. The van der Waals surface area contributed by atoms with E-state index in [9.17, 15) is 0 Å². The summed E-state index contributed by atoms with van der Waals surface area (Å²) in [6, 6.07) is 13.6. The van der Waals surface area contributed by atoms with E-state index in [0.29, 0.717) is 17.3 Å². The first-order chi connectivity index (χ1) is 12.1. The van der Waals surface area contributed by atoms with Crippen LogP contribution in [0.4, 0.5) is 5.69 Å². The van der Waals surface area contributed by atoms with Crippen molar-refractivity contribution in [1.29, 1.82) is 0 Å². The molecule has 0 fully saturated rings. The third kappa shape index (κ3) is 2.99. The molecule has 0 saturated heterocycles. The molecule has 3 aromatic rings. The molecular weight excluding hydrogens is 356 g/mol. The van der Waals surface area contributed by atoms with Crippen LogP contribution >= 0.6 is 23.8 Å². The molecule has 0 aliphatic carbocycles. The zero-order valence-corrected chi connectivity index (χ0v) is 15.0. The lowest BCUT2D eigenvalue weighted by atomic mass is 10.1. The van der Waals surface area contributed by atoms with Crippen molar-refractivity contribution in [2.24, 2.45) is 0 Å². The lowest BCUT2D eigenvalue weighted by molar-refractivity contribution is 0.219. The summed E-state index contributed by atoms with van der Waals surface area (Å²) in [5.41, 5.74) is 2.73. The first kappa shape index (κ1) is 16.1. The quantitative estimate of drug-likeness (QED) is 0.640. The minimum Gasteiger partial charge on any atom is -0.485 e. The van der Waals surface area contributed by atoms with Crippen molar-refractivity contribution in [3.8, 4) is 11.4 Å². The van der Waals surface area contributed by atoms with Gasteiger partial charge in [0.1, 0.15) is 23.7 Å². The molecule has 0 spiro atoms. The SMILES string of the molecule is C[C@H]1CN(C(=S)c2cccc(-n3cncn3)c2)c2cccc(Cl)c2O1. The standard InChI is InChI=1S/C18H15ClN4OS/c1-12-9-22(16-7-3-6-15(19)17(16)24-12)18(25)13-4-2-5-14(8-13)23-11-20-10-21-23/h2-8,10-12H,9H2,1H3/t12-/m0/s1. The topological polar surface area (TPSA) is 43.2 Å². The Bertz CT molecular complexity index is 929. The van der Waals surface area contributed by atoms with Gasteiger partial charge in [-0.1, -0.05) is 42.0 Å². The summed E-state index contributed by atoms with van der Waals surface area (Å²) in [5, 5.41) is 4.76. The van der Waals surface area contributed by atoms with Gasteiger partial charge in [0.15, 0.2) is 5.75 Å². The molecule has 0 radical (unpaired) electrons. The Morgan fingerprint density at radius 3 is 2.92 bits per heavy atom. The molecule has 0 N–H and O–H groups in total. The normalized spacial score (nSPS) is 16.2. The molecule has 2 heterocycles. The van der Waals surface area contributed by atoms with Crippen molar-refractivity contribution < 1.29 is 4.74 Å². The summed E-state index contributed by atoms with van der Waals surface area (Å²) >= 11 is 12.1. The number of benzene rings is 2. The predicted octanol–water partition coefficient (Wildman–Crippen LogP) is 3.88. The Hall–Kier alpha value is -2.44. The van der Waals surface area contributed by atoms with Crippen LogP contribution in [-0.2, 0) is 0 Å². The number of fused-ring (bicyclic) bond motifs is 1. The van der Waals surface area contributed by atoms with Crippen molar-refractivity contribution in [3.05, 3.63) is 65.7 Å². The van der Waals surface area contributed by atoms with Crippen molar-refractivity contribution >= 4 is 34.5 Å². The highest BCUT2D eigenvalue weighted by atomic mass is 35.5. The van der Waals surface area contributed by atoms with Crippen LogP contribution in [0.5, 0.6) is 5.75 Å². The Morgan fingerprint density at radius 1 is 1.28 bits per heavy atom. The second-order valence-corrected chi connectivity index (χ2v) is 6.62. The molecule has 1 atom stereocenters. The maximum Gasteiger partial charge on any atom is 0.162 e. The van der Waals surface area contributed by atoms with Crippen LogP contribution in [0, 0.1) is 0 Å². The van der Waals surface area contributed by atoms with E-state index in [1.54, 1.807) is 11.0 Å². The molecule has 4 rings (SSSR count).